The maximum absolute atomic E-state index is 12.2. The first-order valence-electron chi connectivity index (χ1n) is 16.9. The van der Waals surface area contributed by atoms with Crippen molar-refractivity contribution in [1.82, 2.24) is 0 Å². The van der Waals surface area contributed by atoms with E-state index >= 15 is 0 Å². The maximum atomic E-state index is 12.2. The molecule has 13 unspecified atom stereocenters. The summed E-state index contributed by atoms with van der Waals surface area (Å²) in [6.45, 7) is 23.7. The molecule has 0 spiro atoms. The van der Waals surface area contributed by atoms with Gasteiger partial charge < -0.3 is 35.0 Å². The average molecular weight is 621 g/mol. The summed E-state index contributed by atoms with van der Waals surface area (Å²) >= 11 is 0. The summed E-state index contributed by atoms with van der Waals surface area (Å²) in [7, 11) is 0. The predicted octanol–water partition coefficient (Wildman–Crippen LogP) is 5.47. The van der Waals surface area contributed by atoms with Crippen molar-refractivity contribution in [1.29, 1.82) is 0 Å². The van der Waals surface area contributed by atoms with E-state index in [0.29, 0.717) is 25.2 Å². The fraction of sp³-hybridized carbons (Fsp3) is 0.861. The fourth-order valence-corrected chi connectivity index (χ4v) is 10.4. The molecule has 0 bridgehead atoms. The Balaban J connectivity index is 1.78. The number of aliphatic hydroxyl groups is 4. The Morgan fingerprint density at radius 1 is 1.05 bits per heavy atom. The van der Waals surface area contributed by atoms with E-state index in [0.717, 1.165) is 43.3 Å². The summed E-state index contributed by atoms with van der Waals surface area (Å²) in [4.78, 5) is 11.9. The number of hydrogen-bond donors (Lipinski definition) is 5. The monoisotopic (exact) mass is 620 g/mol. The highest BCUT2D eigenvalue weighted by atomic mass is 16.7. The molecule has 0 aromatic heterocycles. The van der Waals surface area contributed by atoms with Gasteiger partial charge in [-0.15, -0.1) is 0 Å². The van der Waals surface area contributed by atoms with Gasteiger partial charge >= 0.3 is 5.97 Å². The normalized spacial score (nSPS) is 45.3. The number of carbonyl (C=O) groups is 1. The maximum Gasteiger partial charge on any atom is 0.303 e. The van der Waals surface area contributed by atoms with E-state index in [2.05, 4.69) is 54.7 Å². The van der Waals surface area contributed by atoms with Crippen LogP contribution < -0.4 is 0 Å². The highest BCUT2D eigenvalue weighted by Gasteiger charge is 2.70. The average Bonchev–Trinajstić information content (AvgIpc) is 3.32. The Labute approximate surface area is 264 Å². The van der Waals surface area contributed by atoms with Crippen molar-refractivity contribution < 1.29 is 39.8 Å². The molecule has 252 valence electrons. The number of rotatable bonds is 11. The van der Waals surface area contributed by atoms with Crippen LogP contribution in [0.25, 0.3) is 0 Å². The van der Waals surface area contributed by atoms with Crippen molar-refractivity contribution in [2.24, 2.45) is 45.8 Å². The third-order valence-corrected chi connectivity index (χ3v) is 13.4. The second-order valence-electron chi connectivity index (χ2n) is 16.2. The molecule has 1 heterocycles. The number of aliphatic carboxylic acids is 1. The van der Waals surface area contributed by atoms with Crippen molar-refractivity contribution in [2.45, 2.75) is 143 Å². The fourth-order valence-electron chi connectivity index (χ4n) is 10.4. The van der Waals surface area contributed by atoms with Crippen molar-refractivity contribution in [3.63, 3.8) is 0 Å². The lowest BCUT2D eigenvalue weighted by atomic mass is 9.37. The zero-order valence-corrected chi connectivity index (χ0v) is 28.2. The van der Waals surface area contributed by atoms with Gasteiger partial charge in [-0.3, -0.25) is 4.79 Å². The number of carboxylic acid groups (broad SMARTS) is 1. The van der Waals surface area contributed by atoms with E-state index in [1.165, 1.54) is 0 Å². The predicted molar refractivity (Wildman–Crippen MR) is 170 cm³/mol. The van der Waals surface area contributed by atoms with Crippen LogP contribution in [0, 0.1) is 45.8 Å². The molecular formula is C36H60O8. The molecule has 3 saturated carbocycles. The smallest absolute Gasteiger partial charge is 0.303 e. The standard InChI is InChI=1S/C36H60O8/c1-20(2)22(5)10-17-36(9,42)24-12-16-35(8)29(24)26(44-32-31(41)30(40)25(37)19-43-32)18-27-33(6,14-13-28(38)39)23(21(3)4)11-15-34(27,35)7/h20,23-27,29-32,37,40-42H,3,5,10-19H2,1-2,4,6-9H3,(H,38,39). The Kier molecular flexibility index (Phi) is 10.3. The van der Waals surface area contributed by atoms with Crippen LogP contribution in [0.2, 0.25) is 0 Å². The molecule has 0 radical (unpaired) electrons. The summed E-state index contributed by atoms with van der Waals surface area (Å²) in [5.74, 6) is -0.346. The first-order valence-corrected chi connectivity index (χ1v) is 16.9. The molecule has 0 aromatic carbocycles. The summed E-state index contributed by atoms with van der Waals surface area (Å²) in [5.41, 5.74) is 0.481. The molecule has 4 fully saturated rings. The van der Waals surface area contributed by atoms with Crippen molar-refractivity contribution in [3.8, 4) is 0 Å². The molecule has 4 aliphatic rings. The van der Waals surface area contributed by atoms with Gasteiger partial charge in [-0.1, -0.05) is 58.9 Å². The quantitative estimate of drug-likeness (QED) is 0.152. The third-order valence-electron chi connectivity index (χ3n) is 13.4. The van der Waals surface area contributed by atoms with Gasteiger partial charge in [0.15, 0.2) is 6.29 Å². The summed E-state index contributed by atoms with van der Waals surface area (Å²) in [6, 6.07) is 0. The van der Waals surface area contributed by atoms with Gasteiger partial charge in [0.1, 0.15) is 18.3 Å². The molecule has 13 atom stereocenters. The second kappa shape index (κ2) is 12.7. The zero-order valence-electron chi connectivity index (χ0n) is 28.2. The van der Waals surface area contributed by atoms with Crippen LogP contribution in [0.1, 0.15) is 106 Å². The number of carboxylic acids is 1. The Bertz CT molecular complexity index is 1090. The molecular weight excluding hydrogens is 560 g/mol. The van der Waals surface area contributed by atoms with Crippen LogP contribution in [0.4, 0.5) is 0 Å². The van der Waals surface area contributed by atoms with Gasteiger partial charge in [0.05, 0.1) is 18.3 Å². The molecule has 4 rings (SSSR count). The van der Waals surface area contributed by atoms with E-state index < -0.39 is 42.3 Å². The molecule has 0 aromatic rings. The highest BCUT2D eigenvalue weighted by molar-refractivity contribution is 5.66. The van der Waals surface area contributed by atoms with Crippen molar-refractivity contribution >= 4 is 5.97 Å². The zero-order chi connectivity index (χ0) is 33.0. The lowest BCUT2D eigenvalue weighted by molar-refractivity contribution is -0.312. The highest BCUT2D eigenvalue weighted by Crippen LogP contribution is 2.74. The molecule has 8 heteroatoms. The number of fused-ring (bicyclic) bond motifs is 3. The second-order valence-corrected chi connectivity index (χ2v) is 16.2. The lowest BCUT2D eigenvalue weighted by Gasteiger charge is -2.68. The Hall–Kier alpha value is -1.29. The molecule has 1 aliphatic heterocycles. The summed E-state index contributed by atoms with van der Waals surface area (Å²) in [5, 5.41) is 53.4. The van der Waals surface area contributed by atoms with Crippen molar-refractivity contribution in [2.75, 3.05) is 6.61 Å². The van der Waals surface area contributed by atoms with Crippen LogP contribution >= 0.6 is 0 Å². The number of aliphatic hydroxyl groups excluding tert-OH is 3. The van der Waals surface area contributed by atoms with E-state index in [-0.39, 0.29) is 52.9 Å². The largest absolute Gasteiger partial charge is 0.481 e. The van der Waals surface area contributed by atoms with Crippen LogP contribution in [0.15, 0.2) is 24.3 Å². The minimum atomic E-state index is -1.42. The number of hydrogen-bond acceptors (Lipinski definition) is 7. The first kappa shape index (κ1) is 35.6. The Morgan fingerprint density at radius 2 is 1.68 bits per heavy atom. The van der Waals surface area contributed by atoms with Crippen LogP contribution in [-0.2, 0) is 14.3 Å². The minimum Gasteiger partial charge on any atom is -0.481 e. The Morgan fingerprint density at radius 3 is 2.27 bits per heavy atom. The van der Waals surface area contributed by atoms with E-state index in [1.807, 2.05) is 6.92 Å². The molecule has 3 aliphatic carbocycles. The summed E-state index contributed by atoms with van der Waals surface area (Å²) < 4.78 is 12.5. The topological polar surface area (TPSA) is 137 Å². The van der Waals surface area contributed by atoms with Gasteiger partial charge in [0, 0.05) is 6.42 Å². The summed E-state index contributed by atoms with van der Waals surface area (Å²) in [6.07, 6.45) is 0.652. The van der Waals surface area contributed by atoms with Gasteiger partial charge in [0.25, 0.3) is 0 Å². The van der Waals surface area contributed by atoms with Gasteiger partial charge in [-0.25, -0.2) is 0 Å². The number of allylic oxidation sites excluding steroid dienone is 2. The molecule has 0 amide bonds. The van der Waals surface area contributed by atoms with E-state index in [4.69, 9.17) is 9.47 Å². The van der Waals surface area contributed by atoms with Crippen LogP contribution in [0.5, 0.6) is 0 Å². The minimum absolute atomic E-state index is 0.0593. The van der Waals surface area contributed by atoms with Gasteiger partial charge in [0.2, 0.25) is 0 Å². The molecule has 44 heavy (non-hydrogen) atoms. The number of ether oxygens (including phenoxy) is 2. The SMILES string of the molecule is C=C(CCC(C)(O)C1CCC2(C)C1C(OC1OCC(O)C(O)C1O)CC1C(C)(CCC(=O)O)C(C(=C)C)CCC12C)C(C)C. The molecule has 5 N–H and O–H groups in total. The first-order chi connectivity index (χ1) is 20.3. The van der Waals surface area contributed by atoms with Crippen LogP contribution in [0.3, 0.4) is 0 Å². The van der Waals surface area contributed by atoms with Crippen molar-refractivity contribution in [3.05, 3.63) is 24.3 Å². The van der Waals surface area contributed by atoms with E-state index in [1.54, 1.807) is 0 Å². The molecule has 1 saturated heterocycles. The van der Waals surface area contributed by atoms with Crippen LogP contribution in [-0.4, -0.2) is 74.4 Å². The van der Waals surface area contributed by atoms with Gasteiger partial charge in [-0.2, -0.15) is 0 Å². The van der Waals surface area contributed by atoms with E-state index in [9.17, 15) is 30.3 Å². The molecule has 8 nitrogen and oxygen atoms in total. The third kappa shape index (κ3) is 6.09. The van der Waals surface area contributed by atoms with Gasteiger partial charge in [-0.05, 0) is 111 Å². The lowest BCUT2D eigenvalue weighted by Crippen LogP contribution is -2.65.